The Morgan fingerprint density at radius 2 is 2.19 bits per heavy atom. The predicted octanol–water partition coefficient (Wildman–Crippen LogP) is 5.04. The summed E-state index contributed by atoms with van der Waals surface area (Å²) < 4.78 is 0. The van der Waals surface area contributed by atoms with E-state index < -0.39 is 0 Å². The van der Waals surface area contributed by atoms with Gasteiger partial charge in [-0.1, -0.05) is 38.0 Å². The van der Waals surface area contributed by atoms with Crippen LogP contribution in [0, 0.1) is 0 Å². The van der Waals surface area contributed by atoms with Crippen LogP contribution in [0.4, 0.5) is 0 Å². The zero-order valence-electron chi connectivity index (χ0n) is 10.1. The summed E-state index contributed by atoms with van der Waals surface area (Å²) in [4.78, 5) is 0. The van der Waals surface area contributed by atoms with Gasteiger partial charge in [0.1, 0.15) is 0 Å². The van der Waals surface area contributed by atoms with Gasteiger partial charge in [0.05, 0.1) is 5.38 Å². The van der Waals surface area contributed by atoms with Crippen LogP contribution in [-0.4, -0.2) is 0 Å². The lowest BCUT2D eigenvalue weighted by atomic mass is 9.97. The molecule has 2 rings (SSSR count). The summed E-state index contributed by atoms with van der Waals surface area (Å²) in [5.74, 6) is 0. The van der Waals surface area contributed by atoms with Gasteiger partial charge in [-0.05, 0) is 48.8 Å². The molecule has 0 saturated carbocycles. The van der Waals surface area contributed by atoms with Crippen molar-refractivity contribution in [1.29, 1.82) is 0 Å². The number of alkyl halides is 1. The highest BCUT2D eigenvalue weighted by Crippen LogP contribution is 2.34. The number of halogens is 1. The van der Waals surface area contributed by atoms with Crippen LogP contribution in [0.2, 0.25) is 0 Å². The maximum atomic E-state index is 6.46. The van der Waals surface area contributed by atoms with Gasteiger partial charge in [-0.2, -0.15) is 0 Å². The van der Waals surface area contributed by atoms with E-state index in [1.807, 2.05) is 0 Å². The first-order valence-electron chi connectivity index (χ1n) is 6.57. The molecule has 1 aromatic rings. The molecule has 88 valence electrons. The largest absolute Gasteiger partial charge is 0.118 e. The summed E-state index contributed by atoms with van der Waals surface area (Å²) in [6.07, 6.45) is 8.68. The van der Waals surface area contributed by atoms with Crippen molar-refractivity contribution in [2.45, 2.75) is 57.2 Å². The van der Waals surface area contributed by atoms with Gasteiger partial charge in [0.25, 0.3) is 0 Å². The predicted molar refractivity (Wildman–Crippen MR) is 71.2 cm³/mol. The molecule has 1 atom stereocenters. The Balaban J connectivity index is 2.21. The molecular weight excluding hydrogens is 216 g/mol. The zero-order chi connectivity index (χ0) is 11.4. The van der Waals surface area contributed by atoms with Crippen LogP contribution in [0.25, 0.3) is 0 Å². The Morgan fingerprint density at radius 3 is 3.00 bits per heavy atom. The molecule has 1 aromatic carbocycles. The maximum absolute atomic E-state index is 6.46. The first-order chi connectivity index (χ1) is 7.81. The summed E-state index contributed by atoms with van der Waals surface area (Å²) in [6.45, 7) is 2.24. The van der Waals surface area contributed by atoms with Crippen molar-refractivity contribution in [3.05, 3.63) is 34.9 Å². The van der Waals surface area contributed by atoms with Gasteiger partial charge >= 0.3 is 0 Å². The lowest BCUT2D eigenvalue weighted by Gasteiger charge is -2.12. The van der Waals surface area contributed by atoms with Crippen molar-refractivity contribution in [2.24, 2.45) is 0 Å². The van der Waals surface area contributed by atoms with E-state index in [4.69, 9.17) is 11.6 Å². The van der Waals surface area contributed by atoms with Crippen molar-refractivity contribution in [3.63, 3.8) is 0 Å². The summed E-state index contributed by atoms with van der Waals surface area (Å²) in [5, 5.41) is 0.249. The third-order valence-electron chi connectivity index (χ3n) is 3.52. The maximum Gasteiger partial charge on any atom is 0.0588 e. The lowest BCUT2D eigenvalue weighted by Crippen LogP contribution is -1.96. The van der Waals surface area contributed by atoms with Gasteiger partial charge in [0.15, 0.2) is 0 Å². The Morgan fingerprint density at radius 1 is 1.31 bits per heavy atom. The van der Waals surface area contributed by atoms with Crippen LogP contribution < -0.4 is 0 Å². The van der Waals surface area contributed by atoms with Crippen LogP contribution in [0.5, 0.6) is 0 Å². The molecule has 0 bridgehead atoms. The molecule has 1 aliphatic rings. The zero-order valence-corrected chi connectivity index (χ0v) is 10.9. The van der Waals surface area contributed by atoms with E-state index in [0.717, 1.165) is 6.42 Å². The minimum absolute atomic E-state index is 0.249. The summed E-state index contributed by atoms with van der Waals surface area (Å²) in [6, 6.07) is 6.96. The molecule has 1 unspecified atom stereocenters. The first kappa shape index (κ1) is 12.0. The second-order valence-electron chi connectivity index (χ2n) is 4.85. The molecule has 0 radical (unpaired) electrons. The van der Waals surface area contributed by atoms with E-state index in [9.17, 15) is 0 Å². The molecule has 0 nitrogen and oxygen atoms in total. The molecule has 0 aliphatic heterocycles. The highest BCUT2D eigenvalue weighted by atomic mass is 35.5. The standard InChI is InChI=1S/C15H21Cl/c1-2-3-6-12-9-10-13-7-4-5-8-15(16)14(13)11-12/h9-11,15H,2-8H2,1H3. The number of rotatable bonds is 3. The van der Waals surface area contributed by atoms with Crippen molar-refractivity contribution < 1.29 is 0 Å². The van der Waals surface area contributed by atoms with Crippen LogP contribution in [-0.2, 0) is 12.8 Å². The van der Waals surface area contributed by atoms with E-state index >= 15 is 0 Å². The van der Waals surface area contributed by atoms with Crippen LogP contribution in [0.1, 0.15) is 61.1 Å². The third-order valence-corrected chi connectivity index (χ3v) is 3.97. The molecule has 0 aromatic heterocycles. The summed E-state index contributed by atoms with van der Waals surface area (Å²) in [5.41, 5.74) is 4.36. The Labute approximate surface area is 104 Å². The van der Waals surface area contributed by atoms with Crippen molar-refractivity contribution in [2.75, 3.05) is 0 Å². The number of hydrogen-bond acceptors (Lipinski definition) is 0. The van der Waals surface area contributed by atoms with Crippen LogP contribution in [0.15, 0.2) is 18.2 Å². The second-order valence-corrected chi connectivity index (χ2v) is 5.38. The van der Waals surface area contributed by atoms with Crippen molar-refractivity contribution in [3.8, 4) is 0 Å². The quantitative estimate of drug-likeness (QED) is 0.510. The molecule has 0 heterocycles. The Kier molecular flexibility index (Phi) is 4.29. The van der Waals surface area contributed by atoms with Crippen molar-refractivity contribution in [1.82, 2.24) is 0 Å². The van der Waals surface area contributed by atoms with Gasteiger partial charge < -0.3 is 0 Å². The molecule has 0 amide bonds. The molecule has 0 spiro atoms. The average Bonchev–Trinajstić information content (AvgIpc) is 2.49. The smallest absolute Gasteiger partial charge is 0.0588 e. The fourth-order valence-corrected chi connectivity index (χ4v) is 2.85. The fraction of sp³-hybridized carbons (Fsp3) is 0.600. The van der Waals surface area contributed by atoms with Crippen molar-refractivity contribution >= 4 is 11.6 Å². The van der Waals surface area contributed by atoms with E-state index in [-0.39, 0.29) is 5.38 Å². The number of benzene rings is 1. The van der Waals surface area contributed by atoms with Gasteiger partial charge in [0, 0.05) is 0 Å². The molecule has 16 heavy (non-hydrogen) atoms. The minimum atomic E-state index is 0.249. The second kappa shape index (κ2) is 5.72. The van der Waals surface area contributed by atoms with Gasteiger partial charge in [-0.15, -0.1) is 11.6 Å². The topological polar surface area (TPSA) is 0 Å². The first-order valence-corrected chi connectivity index (χ1v) is 7.00. The lowest BCUT2D eigenvalue weighted by molar-refractivity contribution is 0.699. The minimum Gasteiger partial charge on any atom is -0.118 e. The van der Waals surface area contributed by atoms with Crippen LogP contribution >= 0.6 is 11.6 Å². The monoisotopic (exact) mass is 236 g/mol. The van der Waals surface area contributed by atoms with Gasteiger partial charge in [-0.25, -0.2) is 0 Å². The fourth-order valence-electron chi connectivity index (χ4n) is 2.49. The molecule has 0 fully saturated rings. The highest BCUT2D eigenvalue weighted by Gasteiger charge is 2.16. The number of fused-ring (bicyclic) bond motifs is 1. The summed E-state index contributed by atoms with van der Waals surface area (Å²) in [7, 11) is 0. The van der Waals surface area contributed by atoms with E-state index in [2.05, 4.69) is 25.1 Å². The van der Waals surface area contributed by atoms with E-state index in [0.29, 0.717) is 0 Å². The molecular formula is C15H21Cl. The molecule has 0 saturated heterocycles. The normalized spacial score (nSPS) is 20.2. The molecule has 1 heteroatoms. The Bertz CT molecular complexity index is 343. The summed E-state index contributed by atoms with van der Waals surface area (Å²) >= 11 is 6.46. The molecule has 0 N–H and O–H groups in total. The number of unbranched alkanes of at least 4 members (excludes halogenated alkanes) is 1. The van der Waals surface area contributed by atoms with Gasteiger partial charge in [0.2, 0.25) is 0 Å². The van der Waals surface area contributed by atoms with Gasteiger partial charge in [-0.3, -0.25) is 0 Å². The Hall–Kier alpha value is -0.490. The van der Waals surface area contributed by atoms with E-state index in [1.54, 1.807) is 0 Å². The third kappa shape index (κ3) is 2.79. The van der Waals surface area contributed by atoms with E-state index in [1.165, 1.54) is 55.2 Å². The SMILES string of the molecule is CCCCc1ccc2c(c1)C(Cl)CCCC2. The number of hydrogen-bond donors (Lipinski definition) is 0. The number of aryl methyl sites for hydroxylation is 2. The average molecular weight is 237 g/mol. The molecule has 1 aliphatic carbocycles. The van der Waals surface area contributed by atoms with Crippen LogP contribution in [0.3, 0.4) is 0 Å². The highest BCUT2D eigenvalue weighted by molar-refractivity contribution is 6.20.